The second-order valence-electron chi connectivity index (χ2n) is 6.15. The van der Waals surface area contributed by atoms with Crippen LogP contribution in [0.5, 0.6) is 5.75 Å². The third kappa shape index (κ3) is 3.94. The summed E-state index contributed by atoms with van der Waals surface area (Å²) in [4.78, 5) is 4.35. The van der Waals surface area contributed by atoms with E-state index >= 15 is 0 Å². The first-order valence-electron chi connectivity index (χ1n) is 8.37. The van der Waals surface area contributed by atoms with Gasteiger partial charge < -0.3 is 14.0 Å². The Morgan fingerprint density at radius 1 is 1.19 bits per heavy atom. The van der Waals surface area contributed by atoms with Crippen molar-refractivity contribution in [2.45, 2.75) is 25.0 Å². The van der Waals surface area contributed by atoms with Crippen molar-refractivity contribution in [3.05, 3.63) is 76.4 Å². The Kier molecular flexibility index (Phi) is 5.05. The third-order valence-corrected chi connectivity index (χ3v) is 4.64. The number of aromatic nitrogens is 2. The lowest BCUT2D eigenvalue weighted by Gasteiger charge is -2.16. The average molecular weight is 393 g/mol. The van der Waals surface area contributed by atoms with Crippen molar-refractivity contribution in [1.82, 2.24) is 10.1 Å². The summed E-state index contributed by atoms with van der Waals surface area (Å²) in [5.41, 5.74) is 0.662. The summed E-state index contributed by atoms with van der Waals surface area (Å²) in [7, 11) is 0. The van der Waals surface area contributed by atoms with Crippen LogP contribution in [0, 0.1) is 11.6 Å². The second kappa shape index (κ2) is 7.62. The molecule has 0 radical (unpaired) electrons. The fourth-order valence-corrected chi connectivity index (χ4v) is 3.16. The van der Waals surface area contributed by atoms with Crippen LogP contribution in [0.1, 0.15) is 35.7 Å². The molecule has 3 aromatic rings. The highest BCUT2D eigenvalue weighted by Gasteiger charge is 2.35. The van der Waals surface area contributed by atoms with Crippen molar-refractivity contribution in [2.24, 2.45) is 0 Å². The minimum Gasteiger partial charge on any atom is -0.485 e. The van der Waals surface area contributed by atoms with Crippen LogP contribution in [0.15, 0.2) is 47.0 Å². The molecule has 1 saturated heterocycles. The fraction of sp³-hybridized carbons (Fsp3) is 0.263. The molecule has 0 unspecified atom stereocenters. The van der Waals surface area contributed by atoms with Crippen LogP contribution in [0.4, 0.5) is 8.78 Å². The van der Waals surface area contributed by atoms with E-state index in [1.165, 1.54) is 24.3 Å². The Balaban J connectivity index is 1.47. The van der Waals surface area contributed by atoms with Crippen LogP contribution in [0.3, 0.4) is 0 Å². The highest BCUT2D eigenvalue weighted by atomic mass is 35.5. The number of rotatable bonds is 5. The van der Waals surface area contributed by atoms with Gasteiger partial charge in [-0.15, -0.1) is 0 Å². The van der Waals surface area contributed by atoms with Gasteiger partial charge in [0.2, 0.25) is 11.7 Å². The van der Waals surface area contributed by atoms with E-state index in [1.54, 1.807) is 18.2 Å². The van der Waals surface area contributed by atoms with E-state index in [0.717, 1.165) is 0 Å². The van der Waals surface area contributed by atoms with Gasteiger partial charge in [0.15, 0.2) is 6.61 Å². The van der Waals surface area contributed by atoms with Gasteiger partial charge in [0.25, 0.3) is 0 Å². The van der Waals surface area contributed by atoms with E-state index in [0.29, 0.717) is 36.1 Å². The molecule has 4 rings (SSSR count). The molecule has 2 heterocycles. The largest absolute Gasteiger partial charge is 0.485 e. The van der Waals surface area contributed by atoms with Gasteiger partial charge in [-0.05, 0) is 36.2 Å². The maximum atomic E-state index is 13.8. The van der Waals surface area contributed by atoms with Gasteiger partial charge >= 0.3 is 0 Å². The molecule has 1 aliphatic rings. The van der Waals surface area contributed by atoms with Crippen molar-refractivity contribution < 1.29 is 22.8 Å². The van der Waals surface area contributed by atoms with E-state index in [9.17, 15) is 8.78 Å². The minimum atomic E-state index is -0.502. The van der Waals surface area contributed by atoms with Gasteiger partial charge in [0.05, 0.1) is 17.0 Å². The maximum Gasteiger partial charge on any atom is 0.232 e. The molecule has 2 atom stereocenters. The summed E-state index contributed by atoms with van der Waals surface area (Å²) in [6.45, 7) is 0.540. The first-order valence-corrected chi connectivity index (χ1v) is 8.75. The zero-order valence-electron chi connectivity index (χ0n) is 14.1. The number of halogens is 3. The predicted octanol–water partition coefficient (Wildman–Crippen LogP) is 4.83. The molecule has 140 valence electrons. The molecular formula is C19H15ClF2N2O3. The number of ether oxygens (including phenoxy) is 2. The zero-order valence-corrected chi connectivity index (χ0v) is 14.8. The molecule has 5 nitrogen and oxygen atoms in total. The molecule has 0 spiro atoms. The first-order chi connectivity index (χ1) is 13.1. The number of hydrogen-bond acceptors (Lipinski definition) is 5. The smallest absolute Gasteiger partial charge is 0.232 e. The summed E-state index contributed by atoms with van der Waals surface area (Å²) >= 11 is 5.75. The van der Waals surface area contributed by atoms with E-state index in [1.807, 2.05) is 0 Å². The molecule has 1 aliphatic heterocycles. The number of nitrogens with zero attached hydrogens (tertiary/aromatic N) is 2. The van der Waals surface area contributed by atoms with Crippen LogP contribution in [0.25, 0.3) is 0 Å². The monoisotopic (exact) mass is 392 g/mol. The number of hydrogen-bond donors (Lipinski definition) is 0. The van der Waals surface area contributed by atoms with Gasteiger partial charge in [0.1, 0.15) is 17.4 Å². The average Bonchev–Trinajstić information content (AvgIpc) is 3.31. The van der Waals surface area contributed by atoms with E-state index in [-0.39, 0.29) is 23.4 Å². The van der Waals surface area contributed by atoms with Crippen molar-refractivity contribution in [3.8, 4) is 5.75 Å². The molecule has 0 aliphatic carbocycles. The Labute approximate surface area is 158 Å². The molecule has 0 amide bonds. The Hall–Kier alpha value is -2.51. The predicted molar refractivity (Wildman–Crippen MR) is 92.5 cm³/mol. The second-order valence-corrected chi connectivity index (χ2v) is 6.56. The lowest BCUT2D eigenvalue weighted by molar-refractivity contribution is 0.0984. The standard InChI is InChI=1S/C19H15ClF2N2O3/c20-15-5-4-11(8-16(15)22)18-14(6-7-25-18)19-23-17(24-27-19)10-26-13-3-1-2-12(21)9-13/h1-5,8-9,14,18H,6-7,10H2/t14-,18-/m0/s1. The molecule has 1 aromatic heterocycles. The van der Waals surface area contributed by atoms with Crippen molar-refractivity contribution in [1.29, 1.82) is 0 Å². The lowest BCUT2D eigenvalue weighted by atomic mass is 9.95. The van der Waals surface area contributed by atoms with Crippen molar-refractivity contribution >= 4 is 11.6 Å². The minimum absolute atomic E-state index is 0.0424. The molecule has 1 fully saturated rings. The van der Waals surface area contributed by atoms with Crippen LogP contribution >= 0.6 is 11.6 Å². The topological polar surface area (TPSA) is 57.4 Å². The van der Waals surface area contributed by atoms with Gasteiger partial charge in [-0.1, -0.05) is 28.9 Å². The maximum absolute atomic E-state index is 13.8. The van der Waals surface area contributed by atoms with Gasteiger partial charge in [0, 0.05) is 12.7 Å². The van der Waals surface area contributed by atoms with Gasteiger partial charge in [-0.25, -0.2) is 8.78 Å². The van der Waals surface area contributed by atoms with Crippen LogP contribution in [0.2, 0.25) is 5.02 Å². The molecule has 0 N–H and O–H groups in total. The Morgan fingerprint density at radius 3 is 2.89 bits per heavy atom. The van der Waals surface area contributed by atoms with E-state index < -0.39 is 11.9 Å². The number of benzene rings is 2. The van der Waals surface area contributed by atoms with Crippen LogP contribution in [-0.4, -0.2) is 16.7 Å². The SMILES string of the molecule is Fc1cccc(OCc2noc([C@H]3CCO[C@H]3c3ccc(Cl)c(F)c3)n2)c1. The highest BCUT2D eigenvalue weighted by Crippen LogP contribution is 2.41. The van der Waals surface area contributed by atoms with Crippen LogP contribution in [-0.2, 0) is 11.3 Å². The molecule has 2 aromatic carbocycles. The summed E-state index contributed by atoms with van der Waals surface area (Å²) < 4.78 is 43.5. The fourth-order valence-electron chi connectivity index (χ4n) is 3.04. The Bertz CT molecular complexity index is 950. The highest BCUT2D eigenvalue weighted by molar-refractivity contribution is 6.30. The third-order valence-electron chi connectivity index (χ3n) is 4.33. The lowest BCUT2D eigenvalue weighted by Crippen LogP contribution is -2.07. The quantitative estimate of drug-likeness (QED) is 0.622. The molecule has 0 saturated carbocycles. The summed E-state index contributed by atoms with van der Waals surface area (Å²) in [5, 5.41) is 3.96. The van der Waals surface area contributed by atoms with Crippen molar-refractivity contribution in [3.63, 3.8) is 0 Å². The summed E-state index contributed by atoms with van der Waals surface area (Å²) in [6, 6.07) is 10.4. The van der Waals surface area contributed by atoms with Crippen LogP contribution < -0.4 is 4.74 Å². The first kappa shape index (κ1) is 17.9. The summed E-state index contributed by atoms with van der Waals surface area (Å²) in [6.07, 6.45) is 0.274. The molecule has 0 bridgehead atoms. The van der Waals surface area contributed by atoms with E-state index in [2.05, 4.69) is 10.1 Å². The van der Waals surface area contributed by atoms with E-state index in [4.69, 9.17) is 25.6 Å². The normalized spacial score (nSPS) is 19.4. The van der Waals surface area contributed by atoms with Crippen molar-refractivity contribution in [2.75, 3.05) is 6.61 Å². The Morgan fingerprint density at radius 2 is 2.07 bits per heavy atom. The zero-order chi connectivity index (χ0) is 18.8. The molecular weight excluding hydrogens is 378 g/mol. The molecule has 8 heteroatoms. The van der Waals surface area contributed by atoms with Gasteiger partial charge in [-0.2, -0.15) is 4.98 Å². The van der Waals surface area contributed by atoms with Gasteiger partial charge in [-0.3, -0.25) is 0 Å². The molecule has 27 heavy (non-hydrogen) atoms. The summed E-state index contributed by atoms with van der Waals surface area (Å²) in [5.74, 6) is 0.0227.